The lowest BCUT2D eigenvalue weighted by Crippen LogP contribution is -2.42. The summed E-state index contributed by atoms with van der Waals surface area (Å²) >= 11 is 0. The third-order valence-electron chi connectivity index (χ3n) is 4.80. The molecule has 2 amide bonds. The maximum absolute atomic E-state index is 12.3. The van der Waals surface area contributed by atoms with Gasteiger partial charge in [-0.15, -0.1) is 0 Å². The lowest BCUT2D eigenvalue weighted by atomic mass is 9.93. The molecule has 5 nitrogen and oxygen atoms in total. The molecule has 1 aromatic rings. The van der Waals surface area contributed by atoms with E-state index < -0.39 is 5.60 Å². The number of ether oxygens (including phenoxy) is 1. The summed E-state index contributed by atoms with van der Waals surface area (Å²) in [7, 11) is 0. The predicted molar refractivity (Wildman–Crippen MR) is 109 cm³/mol. The number of nitrogens with one attached hydrogen (secondary N) is 1. The first kappa shape index (κ1) is 21.3. The van der Waals surface area contributed by atoms with Crippen LogP contribution in [0.2, 0.25) is 0 Å². The van der Waals surface area contributed by atoms with E-state index in [0.717, 1.165) is 24.9 Å². The van der Waals surface area contributed by atoms with Crippen molar-refractivity contribution in [3.8, 4) is 0 Å². The van der Waals surface area contributed by atoms with Gasteiger partial charge >= 0.3 is 6.09 Å². The average Bonchev–Trinajstić information content (AvgIpc) is 2.60. The van der Waals surface area contributed by atoms with Gasteiger partial charge in [0.25, 0.3) is 0 Å². The number of aryl methyl sites for hydroxylation is 1. The number of likely N-dealkylation sites (tertiary alicyclic amines) is 1. The van der Waals surface area contributed by atoms with E-state index in [0.29, 0.717) is 25.4 Å². The maximum atomic E-state index is 12.3. The number of amides is 2. The fraction of sp³-hybridized carbons (Fsp3) is 0.636. The topological polar surface area (TPSA) is 58.6 Å². The lowest BCUT2D eigenvalue weighted by molar-refractivity contribution is -0.117. The van der Waals surface area contributed by atoms with Gasteiger partial charge in [-0.25, -0.2) is 4.79 Å². The summed E-state index contributed by atoms with van der Waals surface area (Å²) in [4.78, 5) is 26.2. The normalized spacial score (nSPS) is 15.5. The van der Waals surface area contributed by atoms with Gasteiger partial charge < -0.3 is 15.0 Å². The predicted octanol–water partition coefficient (Wildman–Crippen LogP) is 5.00. The van der Waals surface area contributed by atoms with Crippen molar-refractivity contribution in [2.45, 2.75) is 71.8 Å². The summed E-state index contributed by atoms with van der Waals surface area (Å²) in [6.45, 7) is 9.11. The molecule has 0 atom stereocenters. The molecule has 1 saturated heterocycles. The standard InChI is InChI=1S/C22H34N2O3/c1-5-6-7-17-8-10-19(11-9-17)23-20(25)16-18-12-14-24(15-13-18)21(26)27-22(2,3)4/h8-11,18H,5-7,12-16H2,1-4H3,(H,23,25). The summed E-state index contributed by atoms with van der Waals surface area (Å²) in [6.07, 6.45) is 5.37. The Morgan fingerprint density at radius 3 is 2.33 bits per heavy atom. The Morgan fingerprint density at radius 1 is 1.15 bits per heavy atom. The summed E-state index contributed by atoms with van der Waals surface area (Å²) in [5.41, 5.74) is 1.69. The SMILES string of the molecule is CCCCc1ccc(NC(=O)CC2CCN(C(=O)OC(C)(C)C)CC2)cc1. The van der Waals surface area contributed by atoms with E-state index in [1.54, 1.807) is 4.90 Å². The lowest BCUT2D eigenvalue weighted by Gasteiger charge is -2.33. The Hall–Kier alpha value is -2.04. The van der Waals surface area contributed by atoms with Crippen LogP contribution in [0.25, 0.3) is 0 Å². The molecule has 0 radical (unpaired) electrons. The van der Waals surface area contributed by atoms with Crippen LogP contribution in [0.15, 0.2) is 24.3 Å². The Balaban J connectivity index is 1.73. The number of hydrogen-bond acceptors (Lipinski definition) is 3. The molecule has 2 rings (SSSR count). The van der Waals surface area contributed by atoms with Crippen molar-refractivity contribution in [2.24, 2.45) is 5.92 Å². The molecular weight excluding hydrogens is 340 g/mol. The van der Waals surface area contributed by atoms with Crippen LogP contribution >= 0.6 is 0 Å². The van der Waals surface area contributed by atoms with Crippen LogP contribution in [0, 0.1) is 5.92 Å². The molecule has 0 aromatic heterocycles. The number of carbonyl (C=O) groups is 2. The van der Waals surface area contributed by atoms with E-state index in [1.807, 2.05) is 32.9 Å². The number of benzene rings is 1. The van der Waals surface area contributed by atoms with Gasteiger partial charge in [0.1, 0.15) is 5.60 Å². The van der Waals surface area contributed by atoms with Gasteiger partial charge in [-0.3, -0.25) is 4.79 Å². The minimum Gasteiger partial charge on any atom is -0.444 e. The molecule has 1 aliphatic rings. The highest BCUT2D eigenvalue weighted by Gasteiger charge is 2.27. The molecule has 27 heavy (non-hydrogen) atoms. The van der Waals surface area contributed by atoms with Crippen LogP contribution in [-0.4, -0.2) is 35.6 Å². The van der Waals surface area contributed by atoms with Crippen molar-refractivity contribution < 1.29 is 14.3 Å². The third-order valence-corrected chi connectivity index (χ3v) is 4.80. The molecule has 1 fully saturated rings. The zero-order chi connectivity index (χ0) is 19.9. The number of anilines is 1. The number of carbonyl (C=O) groups excluding carboxylic acids is 2. The zero-order valence-electron chi connectivity index (χ0n) is 17.2. The van der Waals surface area contributed by atoms with E-state index in [-0.39, 0.29) is 12.0 Å². The average molecular weight is 375 g/mol. The second-order valence-electron chi connectivity index (χ2n) is 8.46. The minimum absolute atomic E-state index is 0.0482. The van der Waals surface area contributed by atoms with Crippen molar-refractivity contribution in [2.75, 3.05) is 18.4 Å². The molecule has 1 aliphatic heterocycles. The number of unbranched alkanes of at least 4 members (excludes halogenated alkanes) is 1. The highest BCUT2D eigenvalue weighted by molar-refractivity contribution is 5.90. The minimum atomic E-state index is -0.472. The molecule has 0 spiro atoms. The maximum Gasteiger partial charge on any atom is 0.410 e. The quantitative estimate of drug-likeness (QED) is 0.762. The van der Waals surface area contributed by atoms with Crippen molar-refractivity contribution >= 4 is 17.7 Å². The summed E-state index contributed by atoms with van der Waals surface area (Å²) in [6, 6.07) is 8.14. The summed E-state index contributed by atoms with van der Waals surface area (Å²) in [5.74, 6) is 0.361. The van der Waals surface area contributed by atoms with Crippen molar-refractivity contribution in [3.05, 3.63) is 29.8 Å². The smallest absolute Gasteiger partial charge is 0.410 e. The largest absolute Gasteiger partial charge is 0.444 e. The van der Waals surface area contributed by atoms with Gasteiger partial charge in [0.15, 0.2) is 0 Å². The highest BCUT2D eigenvalue weighted by atomic mass is 16.6. The number of hydrogen-bond donors (Lipinski definition) is 1. The van der Waals surface area contributed by atoms with Gasteiger partial charge in [0, 0.05) is 25.2 Å². The Bertz CT molecular complexity index is 611. The van der Waals surface area contributed by atoms with E-state index in [4.69, 9.17) is 4.74 Å². The van der Waals surface area contributed by atoms with Crippen LogP contribution in [0.4, 0.5) is 10.5 Å². The first-order chi connectivity index (χ1) is 12.8. The molecular formula is C22H34N2O3. The van der Waals surface area contributed by atoms with Gasteiger partial charge in [0.2, 0.25) is 5.91 Å². The molecule has 0 bridgehead atoms. The van der Waals surface area contributed by atoms with Gasteiger partial charge in [-0.2, -0.15) is 0 Å². The molecule has 0 unspecified atom stereocenters. The van der Waals surface area contributed by atoms with Gasteiger partial charge in [-0.05, 0) is 70.1 Å². The van der Waals surface area contributed by atoms with Gasteiger partial charge in [0.05, 0.1) is 0 Å². The Kier molecular flexibility index (Phi) is 7.69. The zero-order valence-corrected chi connectivity index (χ0v) is 17.2. The van der Waals surface area contributed by atoms with E-state index >= 15 is 0 Å². The molecule has 1 N–H and O–H groups in total. The fourth-order valence-corrected chi connectivity index (χ4v) is 3.26. The van der Waals surface area contributed by atoms with Crippen LogP contribution in [-0.2, 0) is 16.0 Å². The second kappa shape index (κ2) is 9.77. The van der Waals surface area contributed by atoms with Crippen molar-refractivity contribution in [3.63, 3.8) is 0 Å². The monoisotopic (exact) mass is 374 g/mol. The van der Waals surface area contributed by atoms with Crippen molar-refractivity contribution in [1.29, 1.82) is 0 Å². The Labute approximate surface area is 163 Å². The summed E-state index contributed by atoms with van der Waals surface area (Å²) in [5, 5.41) is 2.99. The molecule has 5 heteroatoms. The first-order valence-corrected chi connectivity index (χ1v) is 10.1. The first-order valence-electron chi connectivity index (χ1n) is 10.1. The molecule has 1 heterocycles. The highest BCUT2D eigenvalue weighted by Crippen LogP contribution is 2.23. The molecule has 0 saturated carbocycles. The van der Waals surface area contributed by atoms with Crippen molar-refractivity contribution in [1.82, 2.24) is 4.90 Å². The van der Waals surface area contributed by atoms with Crippen LogP contribution in [0.5, 0.6) is 0 Å². The van der Waals surface area contributed by atoms with Crippen LogP contribution in [0.1, 0.15) is 65.4 Å². The fourth-order valence-electron chi connectivity index (χ4n) is 3.26. The molecule has 0 aliphatic carbocycles. The Morgan fingerprint density at radius 2 is 1.78 bits per heavy atom. The number of nitrogens with zero attached hydrogens (tertiary/aromatic N) is 1. The molecule has 1 aromatic carbocycles. The second-order valence-corrected chi connectivity index (χ2v) is 8.46. The third kappa shape index (κ3) is 7.61. The van der Waals surface area contributed by atoms with Crippen LogP contribution < -0.4 is 5.32 Å². The summed E-state index contributed by atoms with van der Waals surface area (Å²) < 4.78 is 5.41. The van der Waals surface area contributed by atoms with E-state index in [9.17, 15) is 9.59 Å². The van der Waals surface area contributed by atoms with E-state index in [2.05, 4.69) is 24.4 Å². The molecule has 150 valence electrons. The number of piperidine rings is 1. The number of rotatable bonds is 6. The van der Waals surface area contributed by atoms with Gasteiger partial charge in [-0.1, -0.05) is 25.5 Å². The van der Waals surface area contributed by atoms with Crippen LogP contribution in [0.3, 0.4) is 0 Å². The van der Waals surface area contributed by atoms with E-state index in [1.165, 1.54) is 18.4 Å².